The number of carbonyl (C=O) groups is 1. The number of rotatable bonds is 9. The smallest absolute Gasteiger partial charge is 0.271 e. The molecule has 0 radical (unpaired) electrons. The average molecular weight is 448 g/mol. The van der Waals surface area contributed by atoms with Crippen LogP contribution in [-0.2, 0) is 6.54 Å². The molecule has 0 aliphatic rings. The maximum absolute atomic E-state index is 12.4. The molecular formula is C25H22ClN3O3. The first-order valence-electron chi connectivity index (χ1n) is 10.1. The second-order valence-corrected chi connectivity index (χ2v) is 7.42. The summed E-state index contributed by atoms with van der Waals surface area (Å²) in [6.45, 7) is 1.24. The minimum Gasteiger partial charge on any atom is -0.490 e. The van der Waals surface area contributed by atoms with Gasteiger partial charge < -0.3 is 19.4 Å². The van der Waals surface area contributed by atoms with Crippen LogP contribution in [0, 0.1) is 0 Å². The minimum absolute atomic E-state index is 0.223. The lowest BCUT2D eigenvalue weighted by Crippen LogP contribution is -2.23. The number of hydrogen-bond acceptors (Lipinski definition) is 4. The standard InChI is InChI=1S/C25H22ClN3O3/c26-20-8-12-23(13-9-20)32-15-14-31-22-10-6-19(7-11-22)16-27-25(30)24-17-29(18-28-24)21-4-2-1-3-5-21/h1-13,17-18H,14-16H2,(H,27,30). The molecule has 7 heteroatoms. The molecule has 0 saturated heterocycles. The van der Waals surface area contributed by atoms with Crippen molar-refractivity contribution in [3.8, 4) is 17.2 Å². The SMILES string of the molecule is O=C(NCc1ccc(OCCOc2ccc(Cl)cc2)cc1)c1cn(-c2ccccc2)cn1. The molecule has 32 heavy (non-hydrogen) atoms. The lowest BCUT2D eigenvalue weighted by molar-refractivity contribution is 0.0946. The van der Waals surface area contributed by atoms with Gasteiger partial charge in [-0.25, -0.2) is 4.98 Å². The molecule has 1 N–H and O–H groups in total. The molecular weight excluding hydrogens is 426 g/mol. The van der Waals surface area contributed by atoms with Crippen LogP contribution in [0.1, 0.15) is 16.1 Å². The highest BCUT2D eigenvalue weighted by Crippen LogP contribution is 2.16. The third-order valence-corrected chi connectivity index (χ3v) is 4.93. The number of para-hydroxylation sites is 1. The fourth-order valence-corrected chi connectivity index (χ4v) is 3.13. The lowest BCUT2D eigenvalue weighted by atomic mass is 10.2. The van der Waals surface area contributed by atoms with Crippen LogP contribution in [-0.4, -0.2) is 28.7 Å². The van der Waals surface area contributed by atoms with E-state index in [9.17, 15) is 4.79 Å². The monoisotopic (exact) mass is 447 g/mol. The van der Waals surface area contributed by atoms with Crippen LogP contribution in [0.25, 0.3) is 5.69 Å². The van der Waals surface area contributed by atoms with E-state index in [0.29, 0.717) is 30.5 Å². The second kappa shape index (κ2) is 10.5. The van der Waals surface area contributed by atoms with Gasteiger partial charge in [0.2, 0.25) is 0 Å². The van der Waals surface area contributed by atoms with Gasteiger partial charge in [0.25, 0.3) is 5.91 Å². The molecule has 1 aromatic heterocycles. The molecule has 0 aliphatic carbocycles. The minimum atomic E-state index is -0.223. The van der Waals surface area contributed by atoms with E-state index in [1.165, 1.54) is 0 Å². The molecule has 0 unspecified atom stereocenters. The number of nitrogens with one attached hydrogen (secondary N) is 1. The van der Waals surface area contributed by atoms with E-state index in [-0.39, 0.29) is 5.91 Å². The molecule has 3 aromatic carbocycles. The topological polar surface area (TPSA) is 65.4 Å². The highest BCUT2D eigenvalue weighted by atomic mass is 35.5. The predicted octanol–water partition coefficient (Wildman–Crippen LogP) is 4.91. The molecule has 0 atom stereocenters. The summed E-state index contributed by atoms with van der Waals surface area (Å²) in [6, 6.07) is 24.5. The Bertz CT molecular complexity index is 1140. The van der Waals surface area contributed by atoms with Crippen LogP contribution < -0.4 is 14.8 Å². The molecule has 1 amide bonds. The number of imidazole rings is 1. The van der Waals surface area contributed by atoms with E-state index in [0.717, 1.165) is 22.7 Å². The average Bonchev–Trinajstić information content (AvgIpc) is 3.33. The van der Waals surface area contributed by atoms with Gasteiger partial charge in [0.1, 0.15) is 36.7 Å². The van der Waals surface area contributed by atoms with Gasteiger partial charge in [-0.05, 0) is 54.1 Å². The molecule has 0 spiro atoms. The quantitative estimate of drug-likeness (QED) is 0.370. The third-order valence-electron chi connectivity index (χ3n) is 4.68. The van der Waals surface area contributed by atoms with Gasteiger partial charge in [0.05, 0.1) is 0 Å². The number of aromatic nitrogens is 2. The molecule has 0 aliphatic heterocycles. The van der Waals surface area contributed by atoms with Crippen LogP contribution in [0.2, 0.25) is 5.02 Å². The predicted molar refractivity (Wildman–Crippen MR) is 124 cm³/mol. The maximum Gasteiger partial charge on any atom is 0.271 e. The van der Waals surface area contributed by atoms with Crippen LogP contribution in [0.4, 0.5) is 0 Å². The Morgan fingerprint density at radius 3 is 2.16 bits per heavy atom. The van der Waals surface area contributed by atoms with Crippen molar-refractivity contribution in [3.63, 3.8) is 0 Å². The van der Waals surface area contributed by atoms with Gasteiger partial charge in [-0.1, -0.05) is 41.9 Å². The summed E-state index contributed by atoms with van der Waals surface area (Å²) in [4.78, 5) is 16.6. The Morgan fingerprint density at radius 1 is 0.875 bits per heavy atom. The van der Waals surface area contributed by atoms with Crippen molar-refractivity contribution in [2.45, 2.75) is 6.54 Å². The van der Waals surface area contributed by atoms with Gasteiger partial charge in [0.15, 0.2) is 0 Å². The van der Waals surface area contributed by atoms with Gasteiger partial charge >= 0.3 is 0 Å². The van der Waals surface area contributed by atoms with Gasteiger partial charge in [-0.3, -0.25) is 4.79 Å². The van der Waals surface area contributed by atoms with Gasteiger partial charge in [-0.2, -0.15) is 0 Å². The molecule has 6 nitrogen and oxygen atoms in total. The van der Waals surface area contributed by atoms with E-state index < -0.39 is 0 Å². The van der Waals surface area contributed by atoms with Crippen LogP contribution in [0.15, 0.2) is 91.4 Å². The Balaban J connectivity index is 1.21. The number of halogens is 1. The summed E-state index contributed by atoms with van der Waals surface area (Å²) < 4.78 is 13.1. The van der Waals surface area contributed by atoms with Crippen molar-refractivity contribution < 1.29 is 14.3 Å². The summed E-state index contributed by atoms with van der Waals surface area (Å²) in [5.41, 5.74) is 2.29. The Kier molecular flexibility index (Phi) is 7.05. The Labute approximate surface area is 191 Å². The fraction of sp³-hybridized carbons (Fsp3) is 0.120. The largest absolute Gasteiger partial charge is 0.490 e. The van der Waals surface area contributed by atoms with E-state index in [2.05, 4.69) is 10.3 Å². The first kappa shape index (κ1) is 21.5. The zero-order chi connectivity index (χ0) is 22.2. The van der Waals surface area contributed by atoms with E-state index in [1.807, 2.05) is 71.3 Å². The summed E-state index contributed by atoms with van der Waals surface area (Å²) in [5.74, 6) is 1.26. The molecule has 4 aromatic rings. The number of amides is 1. The normalized spacial score (nSPS) is 10.5. The second-order valence-electron chi connectivity index (χ2n) is 6.98. The van der Waals surface area contributed by atoms with Crippen LogP contribution >= 0.6 is 11.6 Å². The summed E-state index contributed by atoms with van der Waals surface area (Å²) in [6.07, 6.45) is 3.35. The molecule has 1 heterocycles. The highest BCUT2D eigenvalue weighted by molar-refractivity contribution is 6.30. The first-order chi connectivity index (χ1) is 15.7. The van der Waals surface area contributed by atoms with Crippen molar-refractivity contribution in [1.29, 1.82) is 0 Å². The Hall–Kier alpha value is -3.77. The molecule has 162 valence electrons. The van der Waals surface area contributed by atoms with Gasteiger partial charge in [-0.15, -0.1) is 0 Å². The maximum atomic E-state index is 12.4. The third kappa shape index (κ3) is 5.89. The van der Waals surface area contributed by atoms with Gasteiger partial charge in [0, 0.05) is 23.5 Å². The lowest BCUT2D eigenvalue weighted by Gasteiger charge is -2.09. The van der Waals surface area contributed by atoms with E-state index in [4.69, 9.17) is 21.1 Å². The van der Waals surface area contributed by atoms with Crippen LogP contribution in [0.5, 0.6) is 11.5 Å². The zero-order valence-electron chi connectivity index (χ0n) is 17.3. The van der Waals surface area contributed by atoms with Crippen molar-refractivity contribution in [2.75, 3.05) is 13.2 Å². The number of carbonyl (C=O) groups excluding carboxylic acids is 1. The van der Waals surface area contributed by atoms with E-state index in [1.54, 1.807) is 24.7 Å². The summed E-state index contributed by atoms with van der Waals surface area (Å²) in [7, 11) is 0. The summed E-state index contributed by atoms with van der Waals surface area (Å²) >= 11 is 5.85. The summed E-state index contributed by atoms with van der Waals surface area (Å²) in [5, 5.41) is 3.56. The number of benzene rings is 3. The first-order valence-corrected chi connectivity index (χ1v) is 10.5. The fourth-order valence-electron chi connectivity index (χ4n) is 3.01. The number of hydrogen-bond donors (Lipinski definition) is 1. The molecule has 0 saturated carbocycles. The Morgan fingerprint density at radius 2 is 1.50 bits per heavy atom. The molecule has 0 bridgehead atoms. The molecule has 0 fully saturated rings. The number of ether oxygens (including phenoxy) is 2. The van der Waals surface area contributed by atoms with Crippen molar-refractivity contribution >= 4 is 17.5 Å². The van der Waals surface area contributed by atoms with Crippen LogP contribution in [0.3, 0.4) is 0 Å². The zero-order valence-corrected chi connectivity index (χ0v) is 18.0. The highest BCUT2D eigenvalue weighted by Gasteiger charge is 2.10. The number of nitrogens with zero attached hydrogens (tertiary/aromatic N) is 2. The van der Waals surface area contributed by atoms with E-state index >= 15 is 0 Å². The van der Waals surface area contributed by atoms with Crippen molar-refractivity contribution in [1.82, 2.24) is 14.9 Å². The molecule has 4 rings (SSSR count). The van der Waals surface area contributed by atoms with Crippen molar-refractivity contribution in [2.24, 2.45) is 0 Å². The van der Waals surface area contributed by atoms with Crippen molar-refractivity contribution in [3.05, 3.63) is 108 Å².